The quantitative estimate of drug-likeness (QED) is 0.295. The van der Waals surface area contributed by atoms with Crippen LogP contribution < -0.4 is 19.4 Å². The average molecular weight is 487 g/mol. The van der Waals surface area contributed by atoms with Crippen molar-refractivity contribution in [3.05, 3.63) is 88.5 Å². The average Bonchev–Trinajstić information content (AvgIpc) is 3.22. The Bertz CT molecular complexity index is 1290. The summed E-state index contributed by atoms with van der Waals surface area (Å²) in [5.74, 6) is -0.507. The minimum absolute atomic E-state index is 0.0473. The minimum atomic E-state index is -0.580. The molecule has 9 heteroatoms. The zero-order chi connectivity index (χ0) is 25.2. The lowest BCUT2D eigenvalue weighted by Gasteiger charge is -2.37. The molecule has 9 nitrogen and oxygen atoms in total. The largest absolute Gasteiger partial charge is 0.497 e. The van der Waals surface area contributed by atoms with Gasteiger partial charge >= 0.3 is 0 Å². The molecule has 0 radical (unpaired) electrons. The predicted molar refractivity (Wildman–Crippen MR) is 137 cm³/mol. The van der Waals surface area contributed by atoms with Gasteiger partial charge in [0.25, 0.3) is 5.69 Å². The number of nitrogens with zero attached hydrogens (tertiary/aromatic N) is 4. The van der Waals surface area contributed by atoms with E-state index >= 15 is 0 Å². The molecule has 1 atom stereocenters. The molecule has 3 aromatic rings. The standard InChI is InChI=1S/C27H26N4O5/c1-36-22-10-7-20(8-11-22)28-13-15-29(16-14-28)24-12-9-21(17-25(24)31(34)35)30-26(32)18-23(27(30)33)19-5-3-2-4-6-19/h2-12,17,23H,13-16,18H2,1H3/t23-/m0/s1. The SMILES string of the molecule is COc1ccc(N2CCN(c3ccc(N4C(=O)C[C@@H](c5ccccc5)C4=O)cc3[N+](=O)[O-])CC2)cc1. The number of methoxy groups -OCH3 is 1. The summed E-state index contributed by atoms with van der Waals surface area (Å²) in [6.07, 6.45) is 0.0473. The first-order valence-corrected chi connectivity index (χ1v) is 11.8. The molecule has 0 bridgehead atoms. The van der Waals surface area contributed by atoms with Crippen molar-refractivity contribution >= 4 is 34.6 Å². The number of nitro groups is 1. The van der Waals surface area contributed by atoms with Crippen LogP contribution in [-0.2, 0) is 9.59 Å². The molecule has 5 rings (SSSR count). The first kappa shape index (κ1) is 23.3. The maximum Gasteiger partial charge on any atom is 0.294 e. The first-order valence-electron chi connectivity index (χ1n) is 11.8. The summed E-state index contributed by atoms with van der Waals surface area (Å²) in [4.78, 5) is 42.7. The fourth-order valence-corrected chi connectivity index (χ4v) is 4.91. The van der Waals surface area contributed by atoms with Gasteiger partial charge in [0.05, 0.1) is 23.6 Å². The molecule has 2 saturated heterocycles. The number of piperazine rings is 1. The maximum atomic E-state index is 13.1. The number of ether oxygens (including phenoxy) is 1. The molecule has 3 aromatic carbocycles. The Labute approximate surface area is 208 Å². The van der Waals surface area contributed by atoms with Crippen LogP contribution in [0.5, 0.6) is 5.75 Å². The van der Waals surface area contributed by atoms with Gasteiger partial charge in [-0.2, -0.15) is 0 Å². The third kappa shape index (κ3) is 4.35. The molecule has 0 spiro atoms. The molecule has 0 N–H and O–H groups in total. The molecular weight excluding hydrogens is 460 g/mol. The van der Waals surface area contributed by atoms with E-state index in [-0.39, 0.29) is 29.6 Å². The Morgan fingerprint density at radius 3 is 2.14 bits per heavy atom. The number of hydrogen-bond acceptors (Lipinski definition) is 7. The summed E-state index contributed by atoms with van der Waals surface area (Å²) >= 11 is 0. The van der Waals surface area contributed by atoms with Gasteiger partial charge < -0.3 is 14.5 Å². The smallest absolute Gasteiger partial charge is 0.294 e. The van der Waals surface area contributed by atoms with Crippen molar-refractivity contribution in [2.45, 2.75) is 12.3 Å². The van der Waals surface area contributed by atoms with Crippen LogP contribution in [-0.4, -0.2) is 50.0 Å². The van der Waals surface area contributed by atoms with Gasteiger partial charge in [0, 0.05) is 44.4 Å². The van der Waals surface area contributed by atoms with E-state index in [0.717, 1.165) is 21.9 Å². The number of rotatable bonds is 6. The van der Waals surface area contributed by atoms with E-state index in [9.17, 15) is 19.7 Å². The van der Waals surface area contributed by atoms with Crippen LogP contribution in [0.2, 0.25) is 0 Å². The van der Waals surface area contributed by atoms with Gasteiger partial charge in [-0.1, -0.05) is 30.3 Å². The topological polar surface area (TPSA) is 96.2 Å². The van der Waals surface area contributed by atoms with Gasteiger partial charge in [-0.15, -0.1) is 0 Å². The van der Waals surface area contributed by atoms with Gasteiger partial charge in [0.1, 0.15) is 11.4 Å². The Morgan fingerprint density at radius 1 is 0.861 bits per heavy atom. The lowest BCUT2D eigenvalue weighted by molar-refractivity contribution is -0.384. The molecule has 36 heavy (non-hydrogen) atoms. The van der Waals surface area contributed by atoms with Gasteiger partial charge in [0.2, 0.25) is 11.8 Å². The van der Waals surface area contributed by atoms with Gasteiger partial charge in [0.15, 0.2) is 0 Å². The van der Waals surface area contributed by atoms with E-state index in [2.05, 4.69) is 4.90 Å². The minimum Gasteiger partial charge on any atom is -0.497 e. The number of carbonyl (C=O) groups is 2. The Hall–Kier alpha value is -4.40. The third-order valence-electron chi connectivity index (χ3n) is 6.82. The van der Waals surface area contributed by atoms with E-state index in [1.165, 1.54) is 6.07 Å². The second kappa shape index (κ2) is 9.69. The lowest BCUT2D eigenvalue weighted by atomic mass is 9.98. The Balaban J connectivity index is 1.34. The highest BCUT2D eigenvalue weighted by Crippen LogP contribution is 2.38. The monoisotopic (exact) mass is 486 g/mol. The lowest BCUT2D eigenvalue weighted by Crippen LogP contribution is -2.46. The Morgan fingerprint density at radius 2 is 1.50 bits per heavy atom. The highest BCUT2D eigenvalue weighted by atomic mass is 16.6. The number of anilines is 3. The molecule has 2 amide bonds. The predicted octanol–water partition coefficient (Wildman–Crippen LogP) is 3.98. The van der Waals surface area contributed by atoms with Gasteiger partial charge in [-0.25, -0.2) is 4.90 Å². The molecular formula is C27H26N4O5. The van der Waals surface area contributed by atoms with Crippen LogP contribution in [0.1, 0.15) is 17.9 Å². The molecule has 184 valence electrons. The number of nitro benzene ring substituents is 1. The number of hydrogen-bond donors (Lipinski definition) is 0. The van der Waals surface area contributed by atoms with E-state index in [1.807, 2.05) is 59.5 Å². The number of amides is 2. The van der Waals surface area contributed by atoms with Crippen molar-refractivity contribution in [1.29, 1.82) is 0 Å². The van der Waals surface area contributed by atoms with Crippen molar-refractivity contribution in [3.8, 4) is 5.75 Å². The van der Waals surface area contributed by atoms with Crippen LogP contribution in [0.25, 0.3) is 0 Å². The second-order valence-electron chi connectivity index (χ2n) is 8.84. The van der Waals surface area contributed by atoms with Crippen LogP contribution >= 0.6 is 0 Å². The summed E-state index contributed by atoms with van der Waals surface area (Å²) in [6.45, 7) is 2.61. The van der Waals surface area contributed by atoms with E-state index in [1.54, 1.807) is 19.2 Å². The molecule has 2 fully saturated rings. The molecule has 0 aromatic heterocycles. The normalized spacial score (nSPS) is 18.0. The van der Waals surface area contributed by atoms with Crippen molar-refractivity contribution in [2.75, 3.05) is 48.0 Å². The van der Waals surface area contributed by atoms with Gasteiger partial charge in [-0.3, -0.25) is 19.7 Å². The first-order chi connectivity index (χ1) is 17.5. The van der Waals surface area contributed by atoms with Crippen LogP contribution in [0, 0.1) is 10.1 Å². The van der Waals surface area contributed by atoms with Crippen LogP contribution in [0.3, 0.4) is 0 Å². The highest BCUT2D eigenvalue weighted by molar-refractivity contribution is 6.22. The summed E-state index contributed by atoms with van der Waals surface area (Å²) in [5, 5.41) is 12.0. The molecule has 2 aliphatic heterocycles. The van der Waals surface area contributed by atoms with Crippen LogP contribution in [0.4, 0.5) is 22.7 Å². The fourth-order valence-electron chi connectivity index (χ4n) is 4.91. The van der Waals surface area contributed by atoms with Crippen molar-refractivity contribution in [2.24, 2.45) is 0 Å². The molecule has 0 unspecified atom stereocenters. The molecule has 0 aliphatic carbocycles. The van der Waals surface area contributed by atoms with E-state index < -0.39 is 10.8 Å². The summed E-state index contributed by atoms with van der Waals surface area (Å²) in [5.41, 5.74) is 2.43. The zero-order valence-corrected chi connectivity index (χ0v) is 19.9. The molecule has 2 heterocycles. The number of imide groups is 1. The van der Waals surface area contributed by atoms with E-state index in [0.29, 0.717) is 31.9 Å². The summed E-state index contributed by atoms with van der Waals surface area (Å²) in [6, 6.07) is 21.6. The van der Waals surface area contributed by atoms with Crippen LogP contribution in [0.15, 0.2) is 72.8 Å². The number of carbonyl (C=O) groups excluding carboxylic acids is 2. The third-order valence-corrected chi connectivity index (χ3v) is 6.82. The second-order valence-corrected chi connectivity index (χ2v) is 8.84. The summed E-state index contributed by atoms with van der Waals surface area (Å²) in [7, 11) is 1.63. The Kier molecular flexibility index (Phi) is 6.28. The zero-order valence-electron chi connectivity index (χ0n) is 19.9. The van der Waals surface area contributed by atoms with Crippen molar-refractivity contribution in [3.63, 3.8) is 0 Å². The molecule has 0 saturated carbocycles. The van der Waals surface area contributed by atoms with E-state index in [4.69, 9.17) is 4.74 Å². The highest BCUT2D eigenvalue weighted by Gasteiger charge is 2.41. The fraction of sp³-hybridized carbons (Fsp3) is 0.259. The molecule has 2 aliphatic rings. The summed E-state index contributed by atoms with van der Waals surface area (Å²) < 4.78 is 5.22. The van der Waals surface area contributed by atoms with Gasteiger partial charge in [-0.05, 0) is 42.0 Å². The number of benzene rings is 3. The van der Waals surface area contributed by atoms with Crippen molar-refractivity contribution in [1.82, 2.24) is 0 Å². The maximum absolute atomic E-state index is 13.1. The van der Waals surface area contributed by atoms with Crippen molar-refractivity contribution < 1.29 is 19.2 Å².